The SMILES string of the molecule is C/C(=N\NC(=O)c1ccc(O)cc1)c1ccccc1O. The molecular weight excluding hydrogens is 256 g/mol. The number of phenolic OH excluding ortho intramolecular Hbond substituents is 2. The molecule has 0 atom stereocenters. The number of hydrogen-bond donors (Lipinski definition) is 3. The molecule has 0 fully saturated rings. The molecule has 2 aromatic rings. The molecule has 0 aromatic heterocycles. The molecule has 0 aliphatic carbocycles. The molecule has 2 aromatic carbocycles. The number of aromatic hydroxyl groups is 2. The van der Waals surface area contributed by atoms with Crippen molar-refractivity contribution in [3.8, 4) is 11.5 Å². The van der Waals surface area contributed by atoms with Gasteiger partial charge in [-0.1, -0.05) is 12.1 Å². The number of benzene rings is 2. The lowest BCUT2D eigenvalue weighted by Crippen LogP contribution is -2.19. The molecule has 20 heavy (non-hydrogen) atoms. The topological polar surface area (TPSA) is 81.9 Å². The number of carbonyl (C=O) groups excluding carboxylic acids is 1. The monoisotopic (exact) mass is 270 g/mol. The number of hydrazone groups is 1. The van der Waals surface area contributed by atoms with Crippen molar-refractivity contribution >= 4 is 11.6 Å². The van der Waals surface area contributed by atoms with Crippen LogP contribution in [0.15, 0.2) is 53.6 Å². The van der Waals surface area contributed by atoms with E-state index in [4.69, 9.17) is 5.11 Å². The Kier molecular flexibility index (Phi) is 4.00. The van der Waals surface area contributed by atoms with Crippen LogP contribution >= 0.6 is 0 Å². The second kappa shape index (κ2) is 5.88. The van der Waals surface area contributed by atoms with Gasteiger partial charge in [-0.2, -0.15) is 5.10 Å². The minimum Gasteiger partial charge on any atom is -0.508 e. The predicted octanol–water partition coefficient (Wildman–Crippen LogP) is 2.25. The quantitative estimate of drug-likeness (QED) is 0.591. The number of amides is 1. The smallest absolute Gasteiger partial charge is 0.271 e. The number of carbonyl (C=O) groups is 1. The summed E-state index contributed by atoms with van der Waals surface area (Å²) in [6, 6.07) is 12.6. The molecule has 0 radical (unpaired) electrons. The van der Waals surface area contributed by atoms with Gasteiger partial charge in [0.2, 0.25) is 0 Å². The lowest BCUT2D eigenvalue weighted by Gasteiger charge is -2.05. The average molecular weight is 270 g/mol. The van der Waals surface area contributed by atoms with Gasteiger partial charge in [-0.25, -0.2) is 5.43 Å². The predicted molar refractivity (Wildman–Crippen MR) is 75.9 cm³/mol. The summed E-state index contributed by atoms with van der Waals surface area (Å²) in [5.74, 6) is -0.192. The molecule has 0 spiro atoms. The fourth-order valence-corrected chi connectivity index (χ4v) is 1.65. The summed E-state index contributed by atoms with van der Waals surface area (Å²) in [7, 11) is 0. The summed E-state index contributed by atoms with van der Waals surface area (Å²) in [6.45, 7) is 1.69. The Morgan fingerprint density at radius 1 is 1.05 bits per heavy atom. The van der Waals surface area contributed by atoms with Crippen LogP contribution in [0.2, 0.25) is 0 Å². The summed E-state index contributed by atoms with van der Waals surface area (Å²) in [5, 5.41) is 22.8. The van der Waals surface area contributed by atoms with Crippen LogP contribution in [-0.4, -0.2) is 21.8 Å². The van der Waals surface area contributed by atoms with Crippen LogP contribution in [0.3, 0.4) is 0 Å². The van der Waals surface area contributed by atoms with Crippen LogP contribution in [0.4, 0.5) is 0 Å². The molecule has 0 saturated heterocycles. The van der Waals surface area contributed by atoms with Crippen LogP contribution in [0.25, 0.3) is 0 Å². The Balaban J connectivity index is 2.11. The largest absolute Gasteiger partial charge is 0.508 e. The van der Waals surface area contributed by atoms with E-state index in [1.54, 1.807) is 31.2 Å². The van der Waals surface area contributed by atoms with Crippen molar-refractivity contribution in [2.75, 3.05) is 0 Å². The fourth-order valence-electron chi connectivity index (χ4n) is 1.65. The minimum atomic E-state index is -0.389. The van der Waals surface area contributed by atoms with Gasteiger partial charge in [0.1, 0.15) is 11.5 Å². The number of nitrogens with one attached hydrogen (secondary N) is 1. The van der Waals surface area contributed by atoms with E-state index in [9.17, 15) is 9.90 Å². The van der Waals surface area contributed by atoms with Gasteiger partial charge in [-0.05, 0) is 43.3 Å². The minimum absolute atomic E-state index is 0.0930. The van der Waals surface area contributed by atoms with E-state index in [1.165, 1.54) is 24.3 Å². The molecule has 3 N–H and O–H groups in total. The Bertz CT molecular complexity index is 648. The van der Waals surface area contributed by atoms with Gasteiger partial charge in [0.25, 0.3) is 5.91 Å². The van der Waals surface area contributed by atoms with E-state index in [1.807, 2.05) is 0 Å². The van der Waals surface area contributed by atoms with Crippen molar-refractivity contribution in [2.24, 2.45) is 5.10 Å². The summed E-state index contributed by atoms with van der Waals surface area (Å²) in [4.78, 5) is 11.8. The van der Waals surface area contributed by atoms with E-state index < -0.39 is 0 Å². The second-order valence-corrected chi connectivity index (χ2v) is 4.20. The Hall–Kier alpha value is -2.82. The highest BCUT2D eigenvalue weighted by atomic mass is 16.3. The molecular formula is C15H14N2O3. The third kappa shape index (κ3) is 3.14. The van der Waals surface area contributed by atoms with E-state index in [2.05, 4.69) is 10.5 Å². The molecule has 0 bridgehead atoms. The van der Waals surface area contributed by atoms with Gasteiger partial charge in [0.05, 0.1) is 5.71 Å². The molecule has 5 nitrogen and oxygen atoms in total. The molecule has 102 valence electrons. The fraction of sp³-hybridized carbons (Fsp3) is 0.0667. The van der Waals surface area contributed by atoms with Crippen molar-refractivity contribution in [1.82, 2.24) is 5.43 Å². The molecule has 0 aliphatic rings. The molecule has 0 saturated carbocycles. The third-order valence-corrected chi connectivity index (χ3v) is 2.75. The van der Waals surface area contributed by atoms with E-state index in [0.29, 0.717) is 16.8 Å². The molecule has 0 unspecified atom stereocenters. The lowest BCUT2D eigenvalue weighted by molar-refractivity contribution is 0.0955. The first-order valence-corrected chi connectivity index (χ1v) is 6.00. The van der Waals surface area contributed by atoms with Crippen LogP contribution in [-0.2, 0) is 0 Å². The van der Waals surface area contributed by atoms with Gasteiger partial charge in [-0.3, -0.25) is 4.79 Å². The number of nitrogens with zero attached hydrogens (tertiary/aromatic N) is 1. The highest BCUT2D eigenvalue weighted by Gasteiger charge is 2.06. The summed E-state index contributed by atoms with van der Waals surface area (Å²) >= 11 is 0. The zero-order valence-electron chi connectivity index (χ0n) is 10.9. The van der Waals surface area contributed by atoms with Crippen molar-refractivity contribution < 1.29 is 15.0 Å². The summed E-state index contributed by atoms with van der Waals surface area (Å²) < 4.78 is 0. The Labute approximate surface area is 116 Å². The van der Waals surface area contributed by atoms with Crippen molar-refractivity contribution in [1.29, 1.82) is 0 Å². The van der Waals surface area contributed by atoms with Gasteiger partial charge in [0.15, 0.2) is 0 Å². The van der Waals surface area contributed by atoms with Crippen molar-refractivity contribution in [3.05, 3.63) is 59.7 Å². The Morgan fingerprint density at radius 2 is 1.70 bits per heavy atom. The number of phenols is 2. The number of hydrogen-bond acceptors (Lipinski definition) is 4. The highest BCUT2D eigenvalue weighted by molar-refractivity contribution is 6.02. The van der Waals surface area contributed by atoms with Crippen LogP contribution in [0, 0.1) is 0 Å². The van der Waals surface area contributed by atoms with Crippen LogP contribution < -0.4 is 5.43 Å². The van der Waals surface area contributed by atoms with Crippen molar-refractivity contribution in [2.45, 2.75) is 6.92 Å². The normalized spacial score (nSPS) is 11.2. The molecule has 0 aliphatic heterocycles. The first-order chi connectivity index (χ1) is 9.58. The molecule has 0 heterocycles. The Morgan fingerprint density at radius 3 is 2.35 bits per heavy atom. The van der Waals surface area contributed by atoms with E-state index >= 15 is 0 Å². The standard InChI is InChI=1S/C15H14N2O3/c1-10(13-4-2-3-5-14(13)19)16-17-15(20)11-6-8-12(18)9-7-11/h2-9,18-19H,1H3,(H,17,20)/b16-10+. The maximum atomic E-state index is 11.8. The first kappa shape index (κ1) is 13.6. The molecule has 5 heteroatoms. The average Bonchev–Trinajstić information content (AvgIpc) is 2.45. The summed E-state index contributed by atoms with van der Waals surface area (Å²) in [5.41, 5.74) is 3.84. The second-order valence-electron chi connectivity index (χ2n) is 4.20. The van der Waals surface area contributed by atoms with Crippen LogP contribution in [0.1, 0.15) is 22.8 Å². The molecule has 2 rings (SSSR count). The van der Waals surface area contributed by atoms with Gasteiger partial charge in [-0.15, -0.1) is 0 Å². The first-order valence-electron chi connectivity index (χ1n) is 6.00. The molecule has 1 amide bonds. The number of rotatable bonds is 3. The maximum absolute atomic E-state index is 11.8. The highest BCUT2D eigenvalue weighted by Crippen LogP contribution is 2.16. The maximum Gasteiger partial charge on any atom is 0.271 e. The van der Waals surface area contributed by atoms with Crippen LogP contribution in [0.5, 0.6) is 11.5 Å². The summed E-state index contributed by atoms with van der Waals surface area (Å²) in [6.07, 6.45) is 0. The zero-order chi connectivity index (χ0) is 14.5. The van der Waals surface area contributed by atoms with Gasteiger partial charge < -0.3 is 10.2 Å². The van der Waals surface area contributed by atoms with E-state index in [-0.39, 0.29) is 17.4 Å². The van der Waals surface area contributed by atoms with Gasteiger partial charge >= 0.3 is 0 Å². The van der Waals surface area contributed by atoms with Crippen molar-refractivity contribution in [3.63, 3.8) is 0 Å². The third-order valence-electron chi connectivity index (χ3n) is 2.75. The lowest BCUT2D eigenvalue weighted by atomic mass is 10.1. The van der Waals surface area contributed by atoms with Gasteiger partial charge in [0, 0.05) is 11.1 Å². The zero-order valence-corrected chi connectivity index (χ0v) is 10.9. The number of para-hydroxylation sites is 1. The van der Waals surface area contributed by atoms with E-state index in [0.717, 1.165) is 0 Å².